The highest BCUT2D eigenvalue weighted by Gasteiger charge is 2.56. The molecule has 8 rings (SSSR count). The number of rotatable bonds is 25. The second-order valence-corrected chi connectivity index (χ2v) is 28.1. The van der Waals surface area contributed by atoms with Gasteiger partial charge < -0.3 is 29.6 Å². The number of nitrogens with zero attached hydrogens (tertiary/aromatic N) is 6. The van der Waals surface area contributed by atoms with Crippen molar-refractivity contribution in [2.24, 2.45) is 0 Å². The van der Waals surface area contributed by atoms with Gasteiger partial charge in [-0.1, -0.05) is 25.3 Å². The molecule has 1 saturated heterocycles. The lowest BCUT2D eigenvalue weighted by atomic mass is 9.64. The van der Waals surface area contributed by atoms with E-state index in [2.05, 4.69) is 38.4 Å². The number of aromatic nitrogens is 4. The smallest absolute Gasteiger partial charge is 0.356 e. The number of fused-ring (bicyclic) bond motifs is 7. The Morgan fingerprint density at radius 2 is 1.55 bits per heavy atom. The second kappa shape index (κ2) is 23.0. The minimum absolute atomic E-state index is 0.122. The number of hydrogen-bond acceptors (Lipinski definition) is 16. The predicted molar refractivity (Wildman–Crippen MR) is 282 cm³/mol. The molecule has 5 heterocycles. The maximum atomic E-state index is 12.8. The first kappa shape index (κ1) is 58.8. The van der Waals surface area contributed by atoms with Gasteiger partial charge in [0.25, 0.3) is 20.2 Å². The summed E-state index contributed by atoms with van der Waals surface area (Å²) in [6.45, 7) is 8.82. The van der Waals surface area contributed by atoms with Crippen LogP contribution >= 0.6 is 23.2 Å². The van der Waals surface area contributed by atoms with Gasteiger partial charge in [0.2, 0.25) is 11.6 Å². The summed E-state index contributed by atoms with van der Waals surface area (Å²) < 4.78 is 131. The van der Waals surface area contributed by atoms with Crippen molar-refractivity contribution < 1.29 is 81.6 Å². The first-order valence-electron chi connectivity index (χ1n) is 25.3. The number of aryl methyl sites for hydroxylation is 1. The van der Waals surface area contributed by atoms with E-state index in [1.165, 1.54) is 30.6 Å². The third kappa shape index (κ3) is 13.3. The Hall–Kier alpha value is -4.36. The predicted octanol–water partition coefficient (Wildman–Crippen LogP) is 8.07. The van der Waals surface area contributed by atoms with E-state index in [9.17, 15) is 59.1 Å². The zero-order valence-electron chi connectivity index (χ0n) is 43.0. The molecule has 6 N–H and O–H groups in total. The van der Waals surface area contributed by atoms with Gasteiger partial charge in [0.1, 0.15) is 24.6 Å². The molecule has 1 amide bonds. The Morgan fingerprint density at radius 3 is 2.27 bits per heavy atom. The highest BCUT2D eigenvalue weighted by Crippen LogP contribution is 2.67. The first-order chi connectivity index (χ1) is 36.1. The Morgan fingerprint density at radius 1 is 0.857 bits per heavy atom. The molecule has 29 heteroatoms. The van der Waals surface area contributed by atoms with E-state index >= 15 is 0 Å². The molecule has 0 spiro atoms. The van der Waals surface area contributed by atoms with Crippen molar-refractivity contribution in [2.75, 3.05) is 37.3 Å². The van der Waals surface area contributed by atoms with Crippen molar-refractivity contribution in [3.05, 3.63) is 89.8 Å². The molecule has 7 atom stereocenters. The van der Waals surface area contributed by atoms with E-state index in [-0.39, 0.29) is 28.5 Å². The van der Waals surface area contributed by atoms with Gasteiger partial charge in [-0.15, -0.1) is 0 Å². The van der Waals surface area contributed by atoms with Crippen LogP contribution in [0.15, 0.2) is 82.8 Å². The van der Waals surface area contributed by atoms with Crippen molar-refractivity contribution in [1.82, 2.24) is 24.8 Å². The Bertz CT molecular complexity index is 3410. The third-order valence-corrected chi connectivity index (χ3v) is 21.1. The molecule has 24 nitrogen and oxygen atoms in total. The number of carbonyl (C=O) groups excluding carboxylic acids is 1. The van der Waals surface area contributed by atoms with E-state index < -0.39 is 79.4 Å². The number of unbranched alkanes of at least 4 members (excludes halogenated alkanes) is 6. The number of imidazole rings is 1. The molecule has 2 aromatic carbocycles. The van der Waals surface area contributed by atoms with Crippen LogP contribution in [0.1, 0.15) is 121 Å². The first-order valence-corrected chi connectivity index (χ1v) is 32.9. The van der Waals surface area contributed by atoms with Crippen molar-refractivity contribution in [3.63, 3.8) is 0 Å². The van der Waals surface area contributed by atoms with Crippen LogP contribution in [0, 0.1) is 6.92 Å². The molecule has 77 heavy (non-hydrogen) atoms. The quantitative estimate of drug-likeness (QED) is 0.0158. The van der Waals surface area contributed by atoms with Crippen LogP contribution in [0.2, 0.25) is 0 Å². The van der Waals surface area contributed by atoms with Crippen molar-refractivity contribution >= 4 is 77.6 Å². The van der Waals surface area contributed by atoms with Crippen LogP contribution in [0.4, 0.5) is 11.4 Å². The number of phosphoric acid groups is 2. The standard InChI is InChI=1S/C48H64N7O17P3S2/c1-5-53-39-21-19-35(76(63,64)65)27-37(39)47(3)30-48(4)38-28-36(77(66,67)68)20-22-40(38)54(42(48)16-14-15-41(47)53)25-12-9-10-17-43(56)49-24-11-7-6-8-13-26-73(57,58)71-75(61,62)72-74(59,60)69-29-34-18-23-44(70-34)55-32-52-45-33(2)50-31-51-46(45)55/h14-16,19-22,27-28,31-32,34,44H,5-13,17-18,23-26,29-30H2,1-4H3,(H5-,49,56,57,58,59,60,61,62,63,64,65,66,67,68)/p+1/t34-,44+,47?,48?/m0/s1. The molecule has 4 aliphatic rings. The Kier molecular flexibility index (Phi) is 17.6. The second-order valence-electron chi connectivity index (χ2n) is 20.1. The van der Waals surface area contributed by atoms with E-state index in [4.69, 9.17) is 9.26 Å². The lowest BCUT2D eigenvalue weighted by molar-refractivity contribution is -0.438. The van der Waals surface area contributed by atoms with E-state index in [1.54, 1.807) is 30.0 Å². The summed E-state index contributed by atoms with van der Waals surface area (Å²) in [7, 11) is -24.6. The van der Waals surface area contributed by atoms with Crippen LogP contribution in [0.3, 0.4) is 0 Å². The zero-order chi connectivity index (χ0) is 55.8. The van der Waals surface area contributed by atoms with Gasteiger partial charge in [0, 0.05) is 60.4 Å². The number of benzene rings is 2. The molecule has 2 aromatic heterocycles. The summed E-state index contributed by atoms with van der Waals surface area (Å²) in [5.41, 5.74) is 4.90. The molecular formula is C48H65N7O17P3S2+. The molecular weight excluding hydrogens is 1100 g/mol. The number of likely N-dealkylation sites (N-methyl/N-ethyl adjacent to an activating group) is 1. The van der Waals surface area contributed by atoms with Crippen molar-refractivity contribution in [3.8, 4) is 0 Å². The van der Waals surface area contributed by atoms with Gasteiger partial charge in [0.15, 0.2) is 11.4 Å². The van der Waals surface area contributed by atoms with Gasteiger partial charge in [-0.3, -0.25) is 27.6 Å². The molecule has 0 radical (unpaired) electrons. The normalized spacial score (nSPS) is 24.6. The Labute approximate surface area is 446 Å². The molecule has 1 fully saturated rings. The molecule has 0 bridgehead atoms. The van der Waals surface area contributed by atoms with Crippen molar-refractivity contribution in [2.45, 2.75) is 138 Å². The summed E-state index contributed by atoms with van der Waals surface area (Å²) in [5, 5.41) is 2.91. The number of anilines is 1. The average molecular weight is 1170 g/mol. The van der Waals surface area contributed by atoms with E-state index in [1.807, 2.05) is 39.0 Å². The maximum Gasteiger partial charge on any atom is 0.488 e. The molecule has 5 unspecified atom stereocenters. The van der Waals surface area contributed by atoms with Crippen LogP contribution in [0.5, 0.6) is 0 Å². The number of allylic oxidation sites excluding steroid dienone is 4. The topological polar surface area (TPSA) is 337 Å². The summed E-state index contributed by atoms with van der Waals surface area (Å²) in [4.78, 5) is 57.5. The molecule has 0 saturated carbocycles. The average Bonchev–Trinajstić information content (AvgIpc) is 4.26. The molecule has 3 aliphatic heterocycles. The zero-order valence-corrected chi connectivity index (χ0v) is 47.3. The fourth-order valence-corrected chi connectivity index (χ4v) is 16.3. The third-order valence-electron chi connectivity index (χ3n) is 14.6. The number of amides is 1. The van der Waals surface area contributed by atoms with Gasteiger partial charge >= 0.3 is 23.2 Å². The monoisotopic (exact) mass is 1170 g/mol. The highest BCUT2D eigenvalue weighted by atomic mass is 32.2. The lowest BCUT2D eigenvalue weighted by Gasteiger charge is -2.37. The molecule has 420 valence electrons. The Balaban J connectivity index is 0.751. The summed E-state index contributed by atoms with van der Waals surface area (Å²) in [6, 6.07) is 9.13. The summed E-state index contributed by atoms with van der Waals surface area (Å²) in [6.07, 6.45) is 13.1. The minimum Gasteiger partial charge on any atom is -0.356 e. The summed E-state index contributed by atoms with van der Waals surface area (Å²) >= 11 is 0. The lowest BCUT2D eigenvalue weighted by Crippen LogP contribution is -2.41. The SMILES string of the molecule is CCN1/C2=C/C=C/C3=[N+](CCCCCC(=O)NCCCCCCCP(=O)(O)OP(=O)(O)OP(=O)(O)OC[C@@H]4CC[C@H](n5cnc6c(C)ncnc65)O4)c4ccc(S(=O)(=O)O)cc4C3(C)CC2(C)c2cc(S(=O)(=O)O)ccc21. The number of nitrogens with one attached hydrogen (secondary N) is 1. The van der Waals surface area contributed by atoms with E-state index in [0.29, 0.717) is 112 Å². The minimum atomic E-state index is -5.54. The highest BCUT2D eigenvalue weighted by molar-refractivity contribution is 7.86. The fourth-order valence-electron chi connectivity index (χ4n) is 11.0. The summed E-state index contributed by atoms with van der Waals surface area (Å²) in [5.74, 6) is -0.122. The number of carbonyl (C=O) groups is 1. The van der Waals surface area contributed by atoms with Crippen LogP contribution < -0.4 is 10.2 Å². The van der Waals surface area contributed by atoms with Gasteiger partial charge in [0.05, 0.1) is 46.1 Å². The number of phosphoric ester groups is 1. The number of ether oxygens (including phenoxy) is 1. The van der Waals surface area contributed by atoms with Gasteiger partial charge in [-0.25, -0.2) is 28.4 Å². The number of hydrogen-bond donors (Lipinski definition) is 6. The van der Waals surface area contributed by atoms with Crippen LogP contribution in [0.25, 0.3) is 11.2 Å². The van der Waals surface area contributed by atoms with Crippen LogP contribution in [-0.4, -0.2) is 115 Å². The molecule has 1 aliphatic carbocycles. The van der Waals surface area contributed by atoms with Gasteiger partial charge in [-0.05, 0) is 115 Å². The van der Waals surface area contributed by atoms with Gasteiger partial charge in [-0.2, -0.15) is 25.7 Å². The maximum absolute atomic E-state index is 12.8. The van der Waals surface area contributed by atoms with Crippen molar-refractivity contribution in [1.29, 1.82) is 0 Å². The fraction of sp³-hybridized carbons (Fsp3) is 0.521. The largest absolute Gasteiger partial charge is 0.488 e. The van der Waals surface area contributed by atoms with Crippen LogP contribution in [-0.2, 0) is 67.4 Å². The molecule has 4 aromatic rings. The van der Waals surface area contributed by atoms with E-state index in [0.717, 1.165) is 22.8 Å².